The molecule has 7 aromatic rings. The van der Waals surface area contributed by atoms with Crippen LogP contribution in [0.5, 0.6) is 86.2 Å². The Morgan fingerprint density at radius 3 is 1.03 bits per heavy atom. The summed E-state index contributed by atoms with van der Waals surface area (Å²) in [6.07, 6.45) is -15.1. The molecule has 6 aromatic carbocycles. The Kier molecular flexibility index (Phi) is 26.5. The number of likely N-dealkylation sites (N-methyl/N-ethyl adjacent to an activating group) is 1. The number of phenolic OH excluding ortho intramolecular Hbond substituents is 5. The smallest absolute Gasteiger partial charge is 0.261 e. The first-order chi connectivity index (χ1) is 67.8. The van der Waals surface area contributed by atoms with Crippen LogP contribution in [-0.2, 0) is 16.0 Å². The zero-order valence-electron chi connectivity index (χ0n) is 75.5. The quantitative estimate of drug-likeness (QED) is 0.0650. The van der Waals surface area contributed by atoms with Crippen molar-refractivity contribution in [3.8, 4) is 86.2 Å². The van der Waals surface area contributed by atoms with Crippen LogP contribution in [0, 0.1) is 11.8 Å². The molecule has 142 heavy (non-hydrogen) atoms. The Morgan fingerprint density at radius 1 is 0.366 bits per heavy atom. The van der Waals surface area contributed by atoms with Gasteiger partial charge in [0.1, 0.15) is 79.4 Å². The molecule has 48 heteroatoms. The van der Waals surface area contributed by atoms with E-state index in [1.165, 1.54) is 42.9 Å². The molecule has 28 N–H and O–H groups in total. The third kappa shape index (κ3) is 16.7. The molecule has 0 radical (unpaired) electrons. The highest BCUT2D eigenvalue weighted by Gasteiger charge is 2.62. The summed E-state index contributed by atoms with van der Waals surface area (Å²) in [4.78, 5) is 102. The number of nitrogens with zero attached hydrogens (tertiary/aromatic N) is 1. The molecule has 47 nitrogen and oxygen atoms in total. The standard InChI is InChI=1S/C22H22N2O8.C21H27NO7.C19H18N2O8S.C16H18N2O8.C16H20N2O7/c25-12(6-9-4-2-1-3-5-9)23-15-13-10-7-11-21(32-8-31-11)17(26)14(10)22(30)24-16(13)19(28)20(29)18(15)27;23-16-11(6-9-4-2-1-3-5-9)13-10-7-12-20(29-8-28-12)17(24)14(10)21(27)22-15(13)18(25)19(16)26;22-13-10-6(4-7-17(13)29-5-28-7)9-11(20-18(26)8-2-1-3-30-8)14(23)16(25)15(24)12(9)21-19(10)27;1-4(19)17-9-7-5-2-6-15(26-3-25-6)11(20)8(5)16(24)18-10(7)13(22)14(23)12(9)21;1-18(2)10-7-5-3-6-15(25-4-24-6)11(19)8(5)16(23)17-9(7)12(20)14(22)13(10)21/h1-5,7,13,15-16,18-20,26-29H,6,8H2,(H,23,25)(H,24,30);7,9,11,13,15-16,18-19,23-26H,1-6,8H2,(H,22,27);1-4,9,11-12,14-16,22-25H,5H2,(H,20,26)(H,21,27);2,7,9-10,12-14,20-23H,3H2,1H3,(H,17,19)(H,18,24);3,7,9-10,12-14,19-22H,4H2,1-2H3,(H,17,23)/t13-,15+,16+,18-,19-,20+;11-,13+,15-,16+,18+,19-;9-,11+,12+,14-,15-,16+;7-,9+,10+,12-,13-,14+;7-,9-,10-,12+,13+,14+/m01001/s1. The van der Waals surface area contributed by atoms with Crippen molar-refractivity contribution < 1.29 is 188 Å². The van der Waals surface area contributed by atoms with Crippen molar-refractivity contribution in [3.05, 3.63) is 144 Å². The average Bonchev–Trinajstić information content (AvgIpc) is 1.12. The predicted octanol–water partition coefficient (Wildman–Crippen LogP) is -4.33. The Morgan fingerprint density at radius 2 is 0.683 bits per heavy atom. The SMILES string of the molecule is CC(=O)N[C@H]1[C@H](O)[C@@H](O)[C@@H](O)[C@@H]2NC(=O)c3c(cc4c(c3O)OCO4)[C@@H]12.CN(C)[C@H]1[C@H](O)[C@@H](O)[C@@H](O)[C@@H]2NC(=O)c3c(cc4c(c3O)OCO4)[C@H]21.O=C(Cc1ccccc1)N[C@H]1[C@H](O)[C@@H](O)[C@@H](O)[C@@H]2NC(=O)c3c(cc4c(c3O)OCO4)[C@@H]12.O=C(N[C@H]1[C@H](O)[C@@H](O)[C@@H](O)[C@@H]2NC(=O)c3c(cc4c(c3O)OCO4)[C@@H]12)c1cccs1.O=C1N[C@H]2[C@H](O)[C@H](O)[C@@H](O)[C@H](CC3CCCCC3)[C@@H]2c2cc3c(c(O)c21)OCO3. The second kappa shape index (κ2) is 38.4. The largest absolute Gasteiger partial charge is 0.504 e. The van der Waals surface area contributed by atoms with E-state index in [-0.39, 0.29) is 148 Å². The molecule has 0 bridgehead atoms. The van der Waals surface area contributed by atoms with Crippen molar-refractivity contribution in [1.29, 1.82) is 0 Å². The molecular weight excluding hydrogens is 1900 g/mol. The van der Waals surface area contributed by atoms with Crippen LogP contribution in [-0.4, -0.2) is 348 Å². The molecule has 0 saturated heterocycles. The second-order valence-corrected chi connectivity index (χ2v) is 38.9. The number of benzene rings is 6. The lowest BCUT2D eigenvalue weighted by atomic mass is 9.62. The molecule has 10 aliphatic heterocycles. The number of hydrogen-bond donors (Lipinski definition) is 28. The van der Waals surface area contributed by atoms with E-state index in [1.807, 2.05) is 6.07 Å². The lowest BCUT2D eigenvalue weighted by molar-refractivity contribution is -0.135. The molecule has 23 rings (SSSR count). The summed E-state index contributed by atoms with van der Waals surface area (Å²) in [5.41, 5.74) is 2.43. The van der Waals surface area contributed by atoms with Crippen molar-refractivity contribution in [2.75, 3.05) is 48.1 Å². The summed E-state index contributed by atoms with van der Waals surface area (Å²) in [6.45, 7) is 0.741. The lowest BCUT2D eigenvalue weighted by Gasteiger charge is -2.51. The number of aliphatic hydroxyl groups excluding tert-OH is 15. The second-order valence-electron chi connectivity index (χ2n) is 37.9. The van der Waals surface area contributed by atoms with Crippen molar-refractivity contribution in [2.24, 2.45) is 11.8 Å². The summed E-state index contributed by atoms with van der Waals surface area (Å²) in [5, 5.41) is 233. The normalized spacial score (nSPS) is 33.5. The molecule has 0 unspecified atom stereocenters. The van der Waals surface area contributed by atoms with Gasteiger partial charge in [0.25, 0.3) is 35.4 Å². The summed E-state index contributed by atoms with van der Waals surface area (Å²) in [7, 11) is 3.47. The number of rotatable bonds is 9. The van der Waals surface area contributed by atoms with E-state index in [0.717, 1.165) is 31.2 Å². The van der Waals surface area contributed by atoms with Gasteiger partial charge in [0.15, 0.2) is 57.5 Å². The molecule has 6 aliphatic carbocycles. The van der Waals surface area contributed by atoms with Gasteiger partial charge in [0, 0.05) is 42.6 Å². The van der Waals surface area contributed by atoms with Crippen LogP contribution in [0.15, 0.2) is 78.2 Å². The fourth-order valence-electron chi connectivity index (χ4n) is 23.3. The molecule has 30 atom stereocenters. The van der Waals surface area contributed by atoms with Gasteiger partial charge < -0.3 is 197 Å². The fraction of sp³-hybridized carbons (Fsp3) is 0.489. The van der Waals surface area contributed by atoms with Gasteiger partial charge in [-0.1, -0.05) is 68.5 Å². The van der Waals surface area contributed by atoms with Crippen LogP contribution in [0.3, 0.4) is 0 Å². The van der Waals surface area contributed by atoms with Crippen LogP contribution >= 0.6 is 11.3 Å². The van der Waals surface area contributed by atoms with E-state index < -0.39 is 240 Å². The number of fused-ring (bicyclic) bond motifs is 20. The number of carbonyl (C=O) groups is 8. The summed E-state index contributed by atoms with van der Waals surface area (Å²) < 4.78 is 52.9. The predicted molar refractivity (Wildman–Crippen MR) is 479 cm³/mol. The molecule has 6 saturated carbocycles. The van der Waals surface area contributed by atoms with E-state index in [9.17, 15) is 140 Å². The van der Waals surface area contributed by atoms with Gasteiger partial charge in [-0.25, -0.2) is 0 Å². The van der Waals surface area contributed by atoms with Crippen molar-refractivity contribution in [2.45, 2.75) is 227 Å². The molecule has 8 amide bonds. The minimum absolute atomic E-state index is 0.0264. The average molecular weight is 2000 g/mol. The van der Waals surface area contributed by atoms with E-state index in [0.29, 0.717) is 39.8 Å². The van der Waals surface area contributed by atoms with Crippen LogP contribution < -0.4 is 89.9 Å². The van der Waals surface area contributed by atoms with E-state index in [1.54, 1.807) is 72.9 Å². The minimum atomic E-state index is -1.61. The number of aliphatic hydroxyl groups is 15. The highest BCUT2D eigenvalue weighted by molar-refractivity contribution is 7.12. The maximum atomic E-state index is 12.8. The third-order valence-electron chi connectivity index (χ3n) is 29.8. The Labute approximate surface area is 808 Å². The van der Waals surface area contributed by atoms with Gasteiger partial charge >= 0.3 is 0 Å². The number of ether oxygens (including phenoxy) is 10. The van der Waals surface area contributed by atoms with Crippen molar-refractivity contribution >= 4 is 58.6 Å². The van der Waals surface area contributed by atoms with Crippen LogP contribution in [0.2, 0.25) is 0 Å². The van der Waals surface area contributed by atoms with Gasteiger partial charge in [-0.3, -0.25) is 38.4 Å². The van der Waals surface area contributed by atoms with E-state index >= 15 is 0 Å². The van der Waals surface area contributed by atoms with Gasteiger partial charge in [0.05, 0.1) is 99.7 Å². The zero-order chi connectivity index (χ0) is 101. The number of phenols is 5. The maximum absolute atomic E-state index is 12.8. The molecule has 11 heterocycles. The number of nitrogens with one attached hydrogen (secondary N) is 8. The monoisotopic (exact) mass is 2000 g/mol. The first-order valence-corrected chi connectivity index (χ1v) is 46.9. The summed E-state index contributed by atoms with van der Waals surface area (Å²) >= 11 is 1.20. The minimum Gasteiger partial charge on any atom is -0.504 e. The summed E-state index contributed by atoms with van der Waals surface area (Å²) in [5.74, 6) is -8.16. The number of thiophene rings is 1. The molecular formula is C94H105N9O38S. The summed E-state index contributed by atoms with van der Waals surface area (Å²) in [6, 6.07) is 11.8. The molecule has 16 aliphatic rings. The lowest BCUT2D eigenvalue weighted by Crippen LogP contribution is -2.69. The van der Waals surface area contributed by atoms with Gasteiger partial charge in [0.2, 0.25) is 74.5 Å². The number of amides is 8. The van der Waals surface area contributed by atoms with E-state index in [2.05, 4.69) is 42.5 Å². The Balaban J connectivity index is 0.000000113. The molecule has 760 valence electrons. The first kappa shape index (κ1) is 97.9. The Hall–Kier alpha value is -12.9. The van der Waals surface area contributed by atoms with Gasteiger partial charge in [-0.05, 0) is 108 Å². The highest BCUT2D eigenvalue weighted by Crippen LogP contribution is 2.58. The van der Waals surface area contributed by atoms with Crippen molar-refractivity contribution in [3.63, 3.8) is 0 Å². The van der Waals surface area contributed by atoms with Crippen LogP contribution in [0.1, 0.15) is 170 Å². The van der Waals surface area contributed by atoms with Gasteiger partial charge in [-0.2, -0.15) is 0 Å². The first-order valence-electron chi connectivity index (χ1n) is 46.0. The fourth-order valence-corrected chi connectivity index (χ4v) is 23.9. The molecule has 0 spiro atoms. The van der Waals surface area contributed by atoms with Crippen LogP contribution in [0.4, 0.5) is 0 Å². The van der Waals surface area contributed by atoms with E-state index in [4.69, 9.17) is 47.4 Å². The maximum Gasteiger partial charge on any atom is 0.261 e. The van der Waals surface area contributed by atoms with Gasteiger partial charge in [-0.15, -0.1) is 11.3 Å². The number of carbonyl (C=O) groups excluding carboxylic acids is 8. The zero-order valence-corrected chi connectivity index (χ0v) is 76.4. The Bertz CT molecular complexity index is 6140. The number of aromatic hydroxyl groups is 5. The number of hydrogen-bond acceptors (Lipinski definition) is 40. The van der Waals surface area contributed by atoms with Crippen LogP contribution in [0.25, 0.3) is 0 Å². The van der Waals surface area contributed by atoms with Crippen molar-refractivity contribution in [1.82, 2.24) is 47.4 Å². The molecule has 1 aromatic heterocycles. The molecule has 6 fully saturated rings. The highest BCUT2D eigenvalue weighted by atomic mass is 32.1. The topological polar surface area (TPSA) is 733 Å². The third-order valence-corrected chi connectivity index (χ3v) is 30.7.